The van der Waals surface area contributed by atoms with Crippen molar-refractivity contribution < 1.29 is 24.2 Å². The number of hydrogen-bond donors (Lipinski definition) is 1. The fraction of sp³-hybridized carbons (Fsp3) is 0.961. The normalized spacial score (nSPS) is 16.9. The van der Waals surface area contributed by atoms with Gasteiger partial charge in [0.1, 0.15) is 12.2 Å². The Morgan fingerprint density at radius 1 is 0.550 bits per heavy atom. The second-order valence-electron chi connectivity index (χ2n) is 18.5. The number of carbonyl (C=O) groups is 2. The molecule has 2 fully saturated rings. The van der Waals surface area contributed by atoms with Crippen LogP contribution in [0.15, 0.2) is 0 Å². The van der Waals surface area contributed by atoms with Gasteiger partial charge in [-0.05, 0) is 103 Å². The van der Waals surface area contributed by atoms with Gasteiger partial charge in [0.25, 0.3) is 0 Å². The lowest BCUT2D eigenvalue weighted by Crippen LogP contribution is -2.33. The zero-order chi connectivity index (χ0) is 43.1. The molecule has 2 unspecified atom stereocenters. The average Bonchev–Trinajstić information content (AvgIpc) is 3.26. The summed E-state index contributed by atoms with van der Waals surface area (Å²) in [6.45, 7) is 5.85. The van der Waals surface area contributed by atoms with Crippen LogP contribution in [-0.2, 0) is 19.1 Å². The number of carbonyl (C=O) groups excluding carboxylic acids is 2. The average molecular weight is 901 g/mol. The van der Waals surface area contributed by atoms with Gasteiger partial charge in [0.05, 0.1) is 6.61 Å². The second kappa shape index (κ2) is 40.4. The Kier molecular flexibility index (Phi) is 37.8. The maximum absolute atomic E-state index is 13.0. The molecule has 0 amide bonds. The summed E-state index contributed by atoms with van der Waals surface area (Å²) in [5, 5.41) is 10.7. The molecular formula is C51H97NO5S3. The Labute approximate surface area is 384 Å². The molecule has 2 aliphatic carbocycles. The van der Waals surface area contributed by atoms with Crippen LogP contribution in [0.1, 0.15) is 239 Å². The minimum atomic E-state index is 0.0217. The monoisotopic (exact) mass is 900 g/mol. The SMILES string of the molecule is CCCCCCCCCC(=O)OC(CCCCC(CCCCC(CSC1CCCCC1)OC(=O)CCCCCCCCC)N(C)CCCSCCO)CSC1CCCCC1. The molecule has 2 rings (SSSR count). The Morgan fingerprint density at radius 2 is 0.967 bits per heavy atom. The third kappa shape index (κ3) is 31.7. The number of hydrogen-bond acceptors (Lipinski definition) is 9. The highest BCUT2D eigenvalue weighted by atomic mass is 32.2. The van der Waals surface area contributed by atoms with Crippen LogP contribution in [-0.4, -0.2) is 93.9 Å². The minimum absolute atomic E-state index is 0.0217. The number of esters is 2. The molecule has 60 heavy (non-hydrogen) atoms. The highest BCUT2D eigenvalue weighted by molar-refractivity contribution is 8.00. The smallest absolute Gasteiger partial charge is 0.306 e. The first-order valence-corrected chi connectivity index (χ1v) is 29.2. The summed E-state index contributed by atoms with van der Waals surface area (Å²) in [6, 6.07) is 0.526. The lowest BCUT2D eigenvalue weighted by atomic mass is 9.99. The summed E-state index contributed by atoms with van der Waals surface area (Å²) in [5.74, 6) is 3.85. The van der Waals surface area contributed by atoms with Crippen molar-refractivity contribution in [2.75, 3.05) is 43.2 Å². The lowest BCUT2D eigenvalue weighted by molar-refractivity contribution is -0.149. The van der Waals surface area contributed by atoms with Crippen LogP contribution >= 0.6 is 35.3 Å². The van der Waals surface area contributed by atoms with Crippen molar-refractivity contribution in [1.29, 1.82) is 0 Å². The topological polar surface area (TPSA) is 76.1 Å². The third-order valence-electron chi connectivity index (χ3n) is 13.0. The Balaban J connectivity index is 1.90. The molecule has 6 nitrogen and oxygen atoms in total. The van der Waals surface area contributed by atoms with Crippen molar-refractivity contribution >= 4 is 47.2 Å². The van der Waals surface area contributed by atoms with Crippen molar-refractivity contribution in [3.63, 3.8) is 0 Å². The van der Waals surface area contributed by atoms with Crippen LogP contribution < -0.4 is 0 Å². The van der Waals surface area contributed by atoms with Gasteiger partial charge in [-0.15, -0.1) is 0 Å². The molecule has 2 aliphatic rings. The molecule has 0 aromatic carbocycles. The summed E-state index contributed by atoms with van der Waals surface area (Å²) in [5.41, 5.74) is 0. The van der Waals surface area contributed by atoms with E-state index in [4.69, 9.17) is 9.47 Å². The van der Waals surface area contributed by atoms with E-state index in [1.807, 2.05) is 11.8 Å². The van der Waals surface area contributed by atoms with Crippen LogP contribution in [0.3, 0.4) is 0 Å². The van der Waals surface area contributed by atoms with Crippen LogP contribution in [0, 0.1) is 0 Å². The van der Waals surface area contributed by atoms with Gasteiger partial charge in [-0.25, -0.2) is 0 Å². The molecule has 0 aliphatic heterocycles. The minimum Gasteiger partial charge on any atom is -0.461 e. The Bertz CT molecular complexity index is 912. The summed E-state index contributed by atoms with van der Waals surface area (Å²) in [7, 11) is 2.31. The van der Waals surface area contributed by atoms with Crippen LogP contribution in [0.2, 0.25) is 0 Å². The first-order valence-electron chi connectivity index (χ1n) is 26.0. The molecule has 2 saturated carbocycles. The van der Waals surface area contributed by atoms with Crippen molar-refractivity contribution in [2.45, 2.75) is 267 Å². The predicted octanol–water partition coefficient (Wildman–Crippen LogP) is 14.8. The van der Waals surface area contributed by atoms with Crippen LogP contribution in [0.5, 0.6) is 0 Å². The van der Waals surface area contributed by atoms with Crippen molar-refractivity contribution in [1.82, 2.24) is 4.90 Å². The van der Waals surface area contributed by atoms with Crippen molar-refractivity contribution in [2.24, 2.45) is 0 Å². The number of nitrogens with zero attached hydrogens (tertiary/aromatic N) is 1. The first kappa shape index (κ1) is 56.0. The number of thioether (sulfide) groups is 3. The van der Waals surface area contributed by atoms with Crippen molar-refractivity contribution in [3.8, 4) is 0 Å². The van der Waals surface area contributed by atoms with Crippen LogP contribution in [0.4, 0.5) is 0 Å². The van der Waals surface area contributed by atoms with Gasteiger partial charge in [0.2, 0.25) is 0 Å². The Morgan fingerprint density at radius 3 is 1.40 bits per heavy atom. The van der Waals surface area contributed by atoms with E-state index in [-0.39, 0.29) is 30.8 Å². The van der Waals surface area contributed by atoms with Gasteiger partial charge in [-0.3, -0.25) is 9.59 Å². The molecule has 0 bridgehead atoms. The highest BCUT2D eigenvalue weighted by Gasteiger charge is 2.22. The molecule has 1 N–H and O–H groups in total. The summed E-state index contributed by atoms with van der Waals surface area (Å²) >= 11 is 6.00. The van der Waals surface area contributed by atoms with Gasteiger partial charge >= 0.3 is 11.9 Å². The molecule has 0 spiro atoms. The summed E-state index contributed by atoms with van der Waals surface area (Å²) in [4.78, 5) is 28.7. The molecule has 0 aromatic heterocycles. The number of ether oxygens (including phenoxy) is 2. The molecule has 2 atom stereocenters. The molecule has 0 heterocycles. The van der Waals surface area contributed by atoms with Gasteiger partial charge in [-0.1, -0.05) is 142 Å². The fourth-order valence-corrected chi connectivity index (χ4v) is 12.5. The quantitative estimate of drug-likeness (QED) is 0.0477. The van der Waals surface area contributed by atoms with Gasteiger partial charge < -0.3 is 19.5 Å². The van der Waals surface area contributed by atoms with Gasteiger partial charge in [0, 0.05) is 46.6 Å². The van der Waals surface area contributed by atoms with Crippen molar-refractivity contribution in [3.05, 3.63) is 0 Å². The fourth-order valence-electron chi connectivity index (χ4n) is 9.10. The zero-order valence-corrected chi connectivity index (χ0v) is 42.1. The van der Waals surface area contributed by atoms with E-state index in [2.05, 4.69) is 49.3 Å². The number of aliphatic hydroxyl groups is 1. The number of aliphatic hydroxyl groups excluding tert-OH is 1. The molecule has 0 radical (unpaired) electrons. The predicted molar refractivity (Wildman–Crippen MR) is 266 cm³/mol. The zero-order valence-electron chi connectivity index (χ0n) is 39.6. The maximum atomic E-state index is 13.0. The number of unbranched alkanes of at least 4 members (excludes halogenated alkanes) is 14. The highest BCUT2D eigenvalue weighted by Crippen LogP contribution is 2.31. The number of rotatable bonds is 41. The van der Waals surface area contributed by atoms with Gasteiger partial charge in [0.15, 0.2) is 0 Å². The van der Waals surface area contributed by atoms with Crippen LogP contribution in [0.25, 0.3) is 0 Å². The summed E-state index contributed by atoms with van der Waals surface area (Å²) < 4.78 is 12.5. The van der Waals surface area contributed by atoms with E-state index >= 15 is 0 Å². The largest absolute Gasteiger partial charge is 0.461 e. The standard InChI is InChI=1S/C51H97NO5S3/c1-4-6-8-10-12-14-22-37-50(54)56-46(43-59-48-33-18-16-19-34-48)31-26-24-29-45(52(3)39-28-41-58-42-40-53)30-25-27-32-47(44-60-49-35-20-17-21-36-49)57-51(55)38-23-15-13-11-9-7-5-2/h45-49,53H,4-44H2,1-3H3. The third-order valence-corrected chi connectivity index (χ3v) is 17.1. The molecule has 0 saturated heterocycles. The molecular weight excluding hydrogens is 803 g/mol. The molecule has 0 aromatic rings. The van der Waals surface area contributed by atoms with Gasteiger partial charge in [-0.2, -0.15) is 35.3 Å². The Hall–Kier alpha value is -0.0900. The lowest BCUT2D eigenvalue weighted by Gasteiger charge is -2.29. The molecule has 354 valence electrons. The first-order chi connectivity index (χ1) is 29.4. The van der Waals surface area contributed by atoms with E-state index < -0.39 is 0 Å². The summed E-state index contributed by atoms with van der Waals surface area (Å²) in [6.07, 6.45) is 41.6. The van der Waals surface area contributed by atoms with E-state index in [1.165, 1.54) is 141 Å². The second-order valence-corrected chi connectivity index (χ2v) is 22.4. The van der Waals surface area contributed by atoms with E-state index in [9.17, 15) is 14.7 Å². The maximum Gasteiger partial charge on any atom is 0.306 e. The van der Waals surface area contributed by atoms with E-state index in [0.29, 0.717) is 18.9 Å². The van der Waals surface area contributed by atoms with E-state index in [0.717, 1.165) is 111 Å². The van der Waals surface area contributed by atoms with E-state index in [1.54, 1.807) is 0 Å². The molecule has 9 heteroatoms.